The molecule has 3 nitrogen and oxygen atoms in total. The van der Waals surface area contributed by atoms with E-state index in [9.17, 15) is 4.79 Å². The number of hydrogen-bond donors (Lipinski definition) is 1. The molecule has 1 amide bonds. The van der Waals surface area contributed by atoms with Gasteiger partial charge in [-0.25, -0.2) is 4.79 Å². The quantitative estimate of drug-likeness (QED) is 0.742. The maximum absolute atomic E-state index is 11.4. The van der Waals surface area contributed by atoms with Crippen LogP contribution in [0, 0.1) is 0 Å². The van der Waals surface area contributed by atoms with Gasteiger partial charge in [-0.05, 0) is 39.9 Å². The first-order valence-corrected chi connectivity index (χ1v) is 6.58. The van der Waals surface area contributed by atoms with Crippen LogP contribution in [0.3, 0.4) is 0 Å². The summed E-state index contributed by atoms with van der Waals surface area (Å²) in [6, 6.07) is 0.163. The predicted molar refractivity (Wildman–Crippen MR) is 66.4 cm³/mol. The van der Waals surface area contributed by atoms with E-state index in [1.54, 1.807) is 0 Å². The lowest BCUT2D eigenvalue weighted by Crippen LogP contribution is -2.38. The van der Waals surface area contributed by atoms with Crippen LogP contribution in [-0.4, -0.2) is 29.2 Å². The van der Waals surface area contributed by atoms with Gasteiger partial charge in [-0.1, -0.05) is 6.92 Å². The fourth-order valence-electron chi connectivity index (χ4n) is 0.955. The van der Waals surface area contributed by atoms with E-state index >= 15 is 0 Å². The fourth-order valence-corrected chi connectivity index (χ4v) is 1.85. The maximum Gasteiger partial charge on any atom is 0.407 e. The minimum atomic E-state index is -0.416. The summed E-state index contributed by atoms with van der Waals surface area (Å²) in [6.07, 6.45) is 0.844. The van der Waals surface area contributed by atoms with Crippen molar-refractivity contribution in [1.29, 1.82) is 0 Å². The molecule has 0 aliphatic heterocycles. The zero-order valence-electron chi connectivity index (χ0n) is 10.4. The number of hydrogen-bond acceptors (Lipinski definition) is 3. The van der Waals surface area contributed by atoms with Gasteiger partial charge < -0.3 is 10.1 Å². The molecular formula is C11H23NO2S. The third-order valence-corrected chi connectivity index (χ3v) is 2.91. The van der Waals surface area contributed by atoms with Gasteiger partial charge in [-0.2, -0.15) is 11.8 Å². The first-order chi connectivity index (χ1) is 6.85. The Kier molecular flexibility index (Phi) is 6.81. The molecule has 0 spiro atoms. The van der Waals surface area contributed by atoms with Crippen molar-refractivity contribution in [2.45, 2.75) is 52.7 Å². The molecule has 0 aromatic rings. The molecular weight excluding hydrogens is 210 g/mol. The van der Waals surface area contributed by atoms with E-state index in [0.717, 1.165) is 11.5 Å². The van der Waals surface area contributed by atoms with Crippen LogP contribution in [0.15, 0.2) is 0 Å². The molecule has 90 valence electrons. The summed E-state index contributed by atoms with van der Waals surface area (Å²) in [7, 11) is 0. The smallest absolute Gasteiger partial charge is 0.407 e. The maximum atomic E-state index is 11.4. The molecule has 0 saturated heterocycles. The van der Waals surface area contributed by atoms with Gasteiger partial charge in [-0.3, -0.25) is 0 Å². The summed E-state index contributed by atoms with van der Waals surface area (Å²) >= 11 is 1.85. The lowest BCUT2D eigenvalue weighted by Gasteiger charge is -2.21. The monoisotopic (exact) mass is 233 g/mol. The Labute approximate surface area is 97.3 Å². The minimum absolute atomic E-state index is 0.163. The minimum Gasteiger partial charge on any atom is -0.444 e. The van der Waals surface area contributed by atoms with Gasteiger partial charge in [0.2, 0.25) is 0 Å². The lowest BCUT2D eigenvalue weighted by molar-refractivity contribution is 0.0513. The molecule has 4 heteroatoms. The van der Waals surface area contributed by atoms with Crippen LogP contribution in [0.4, 0.5) is 4.79 Å². The van der Waals surface area contributed by atoms with E-state index in [1.807, 2.05) is 39.5 Å². The van der Waals surface area contributed by atoms with Crippen LogP contribution >= 0.6 is 11.8 Å². The Morgan fingerprint density at radius 2 is 2.07 bits per heavy atom. The van der Waals surface area contributed by atoms with Crippen molar-refractivity contribution in [3.8, 4) is 0 Å². The van der Waals surface area contributed by atoms with E-state index < -0.39 is 5.60 Å². The van der Waals surface area contributed by atoms with Crippen molar-refractivity contribution in [3.05, 3.63) is 0 Å². The zero-order chi connectivity index (χ0) is 11.9. The van der Waals surface area contributed by atoms with Gasteiger partial charge in [0.1, 0.15) is 5.60 Å². The number of alkyl carbamates (subject to hydrolysis) is 1. The number of nitrogens with one attached hydrogen (secondary N) is 1. The van der Waals surface area contributed by atoms with Crippen molar-refractivity contribution in [2.75, 3.05) is 11.5 Å². The summed E-state index contributed by atoms with van der Waals surface area (Å²) in [6.45, 7) is 9.74. The summed E-state index contributed by atoms with van der Waals surface area (Å²) in [5.74, 6) is 2.08. The van der Waals surface area contributed by atoms with Crippen LogP contribution < -0.4 is 5.32 Å². The van der Waals surface area contributed by atoms with Gasteiger partial charge in [0.25, 0.3) is 0 Å². The Hall–Kier alpha value is -0.380. The van der Waals surface area contributed by atoms with Gasteiger partial charge in [0.05, 0.1) is 0 Å². The molecule has 0 saturated carbocycles. The Morgan fingerprint density at radius 3 is 2.53 bits per heavy atom. The highest BCUT2D eigenvalue weighted by Gasteiger charge is 2.17. The molecule has 0 aliphatic rings. The number of amides is 1. The van der Waals surface area contributed by atoms with Gasteiger partial charge >= 0.3 is 6.09 Å². The molecule has 0 bridgehead atoms. The first-order valence-electron chi connectivity index (χ1n) is 5.42. The van der Waals surface area contributed by atoms with E-state index in [0.29, 0.717) is 0 Å². The van der Waals surface area contributed by atoms with Crippen molar-refractivity contribution >= 4 is 17.9 Å². The molecule has 0 radical (unpaired) electrons. The highest BCUT2D eigenvalue weighted by Crippen LogP contribution is 2.08. The van der Waals surface area contributed by atoms with Crippen molar-refractivity contribution < 1.29 is 9.53 Å². The number of rotatable bonds is 5. The summed E-state index contributed by atoms with van der Waals surface area (Å²) < 4.78 is 5.16. The highest BCUT2D eigenvalue weighted by molar-refractivity contribution is 7.99. The average molecular weight is 233 g/mol. The third-order valence-electron chi connectivity index (χ3n) is 1.48. The normalized spacial score (nSPS) is 13.4. The molecule has 0 aromatic heterocycles. The van der Waals surface area contributed by atoms with E-state index in [2.05, 4.69) is 12.2 Å². The largest absolute Gasteiger partial charge is 0.444 e. The second-order valence-electron chi connectivity index (χ2n) is 4.62. The summed E-state index contributed by atoms with van der Waals surface area (Å²) in [5, 5.41) is 2.81. The molecule has 0 fully saturated rings. The van der Waals surface area contributed by atoms with Crippen LogP contribution in [0.5, 0.6) is 0 Å². The van der Waals surface area contributed by atoms with Crippen LogP contribution in [0.2, 0.25) is 0 Å². The fraction of sp³-hybridized carbons (Fsp3) is 0.909. The van der Waals surface area contributed by atoms with E-state index in [4.69, 9.17) is 4.74 Å². The first kappa shape index (κ1) is 14.6. The molecule has 0 aromatic carbocycles. The summed E-state index contributed by atoms with van der Waals surface area (Å²) in [5.41, 5.74) is -0.416. The lowest BCUT2D eigenvalue weighted by atomic mass is 10.2. The molecule has 0 rings (SSSR count). The highest BCUT2D eigenvalue weighted by atomic mass is 32.2. The zero-order valence-corrected chi connectivity index (χ0v) is 11.2. The second kappa shape index (κ2) is 6.99. The second-order valence-corrected chi connectivity index (χ2v) is 5.77. The van der Waals surface area contributed by atoms with Gasteiger partial charge in [0, 0.05) is 11.8 Å². The number of carbonyl (C=O) groups is 1. The van der Waals surface area contributed by atoms with Crippen molar-refractivity contribution in [1.82, 2.24) is 5.32 Å². The Bertz CT molecular complexity index is 190. The topological polar surface area (TPSA) is 38.3 Å². The average Bonchev–Trinajstić information content (AvgIpc) is 2.00. The molecule has 15 heavy (non-hydrogen) atoms. The van der Waals surface area contributed by atoms with Crippen molar-refractivity contribution in [3.63, 3.8) is 0 Å². The van der Waals surface area contributed by atoms with Gasteiger partial charge in [0.15, 0.2) is 0 Å². The SMILES string of the molecule is CCCSC[C@H](C)NC(=O)OC(C)(C)C. The molecule has 1 N–H and O–H groups in total. The third kappa shape index (κ3) is 9.91. The number of carbonyl (C=O) groups excluding carboxylic acids is 1. The molecule has 0 unspecified atom stereocenters. The van der Waals surface area contributed by atoms with Crippen molar-refractivity contribution in [2.24, 2.45) is 0 Å². The predicted octanol–water partition coefficient (Wildman–Crippen LogP) is 3.04. The van der Waals surface area contributed by atoms with Crippen LogP contribution in [-0.2, 0) is 4.74 Å². The number of thioether (sulfide) groups is 1. The van der Waals surface area contributed by atoms with E-state index in [-0.39, 0.29) is 12.1 Å². The molecule has 0 heterocycles. The molecule has 1 atom stereocenters. The van der Waals surface area contributed by atoms with E-state index in [1.165, 1.54) is 6.42 Å². The standard InChI is InChI=1S/C11H23NO2S/c1-6-7-15-8-9(2)12-10(13)14-11(3,4)5/h9H,6-8H2,1-5H3,(H,12,13)/t9-/m0/s1. The van der Waals surface area contributed by atoms with Crippen LogP contribution in [0.25, 0.3) is 0 Å². The molecule has 0 aliphatic carbocycles. The van der Waals surface area contributed by atoms with Crippen LogP contribution in [0.1, 0.15) is 41.0 Å². The van der Waals surface area contributed by atoms with Gasteiger partial charge in [-0.15, -0.1) is 0 Å². The summed E-state index contributed by atoms with van der Waals surface area (Å²) in [4.78, 5) is 11.4. The Morgan fingerprint density at radius 1 is 1.47 bits per heavy atom. The number of ether oxygens (including phenoxy) is 1. The Balaban J connectivity index is 3.67.